The van der Waals surface area contributed by atoms with Crippen LogP contribution in [0, 0.1) is 27.1 Å². The first-order valence-electron chi connectivity index (χ1n) is 14.8. The van der Waals surface area contributed by atoms with Gasteiger partial charge in [-0.05, 0) is 63.7 Å². The van der Waals surface area contributed by atoms with Gasteiger partial charge in [0.05, 0.1) is 24.7 Å². The fourth-order valence-corrected chi connectivity index (χ4v) is 5.37. The number of aromatic nitrogens is 2. The number of ether oxygens (including phenoxy) is 3. The van der Waals surface area contributed by atoms with Crippen LogP contribution in [0.3, 0.4) is 0 Å². The molecule has 2 atom stereocenters. The molecule has 0 N–H and O–H groups in total. The molecule has 0 bridgehead atoms. The van der Waals surface area contributed by atoms with E-state index in [-0.39, 0.29) is 39.3 Å². The number of methoxy groups -OCH3 is 1. The summed E-state index contributed by atoms with van der Waals surface area (Å²) >= 11 is 0. The van der Waals surface area contributed by atoms with Gasteiger partial charge in [-0.3, -0.25) is 4.79 Å². The van der Waals surface area contributed by atoms with Gasteiger partial charge >= 0.3 is 5.97 Å². The Balaban J connectivity index is 0.00000122. The second kappa shape index (κ2) is 14.0. The summed E-state index contributed by atoms with van der Waals surface area (Å²) in [7, 11) is 3.78. The lowest BCUT2D eigenvalue weighted by atomic mass is 9.45. The predicted molar refractivity (Wildman–Crippen MR) is 163 cm³/mol. The summed E-state index contributed by atoms with van der Waals surface area (Å²) in [5.74, 6) is -0.0989. The molecular weight excluding hydrogens is 488 g/mol. The van der Waals surface area contributed by atoms with Crippen LogP contribution in [0.4, 0.5) is 0 Å². The van der Waals surface area contributed by atoms with Crippen molar-refractivity contribution in [2.24, 2.45) is 34.1 Å². The topological polar surface area (TPSA) is 53.6 Å². The molecule has 1 aromatic heterocycles. The van der Waals surface area contributed by atoms with E-state index in [4.69, 9.17) is 14.2 Å². The van der Waals surface area contributed by atoms with E-state index in [0.29, 0.717) is 6.61 Å². The summed E-state index contributed by atoms with van der Waals surface area (Å²) in [4.78, 5) is 13.4. The molecule has 39 heavy (non-hydrogen) atoms. The Bertz CT molecular complexity index is 871. The average Bonchev–Trinajstić information content (AvgIpc) is 3.21. The lowest BCUT2D eigenvalue weighted by Gasteiger charge is -2.58. The number of imidazole rings is 1. The van der Waals surface area contributed by atoms with Crippen LogP contribution >= 0.6 is 0 Å². The minimum atomic E-state index is -0.662. The van der Waals surface area contributed by atoms with E-state index >= 15 is 0 Å². The van der Waals surface area contributed by atoms with Crippen LogP contribution in [0.5, 0.6) is 0 Å². The van der Waals surface area contributed by atoms with E-state index in [1.165, 1.54) is 0 Å². The van der Waals surface area contributed by atoms with Gasteiger partial charge in [0.25, 0.3) is 0 Å². The van der Waals surface area contributed by atoms with Crippen molar-refractivity contribution in [2.75, 3.05) is 26.9 Å². The maximum atomic E-state index is 13.4. The number of hydrogen-bond acceptors (Lipinski definition) is 4. The van der Waals surface area contributed by atoms with Crippen molar-refractivity contribution in [3.63, 3.8) is 0 Å². The number of hydrogen-bond donors (Lipinski definition) is 0. The number of esters is 1. The third kappa shape index (κ3) is 9.59. The summed E-state index contributed by atoms with van der Waals surface area (Å²) in [6, 6.07) is 0.231. The molecule has 0 aromatic carbocycles. The van der Waals surface area contributed by atoms with Crippen molar-refractivity contribution in [1.82, 2.24) is 4.57 Å². The zero-order valence-electron chi connectivity index (χ0n) is 28.9. The molecule has 0 fully saturated rings. The van der Waals surface area contributed by atoms with Gasteiger partial charge in [-0.1, -0.05) is 69.2 Å². The Labute approximate surface area is 242 Å². The highest BCUT2D eigenvalue weighted by molar-refractivity contribution is 5.78. The van der Waals surface area contributed by atoms with Crippen LogP contribution in [-0.2, 0) is 26.1 Å². The molecule has 1 aromatic rings. The van der Waals surface area contributed by atoms with Gasteiger partial charge in [-0.25, -0.2) is 9.13 Å². The lowest BCUT2D eigenvalue weighted by molar-refractivity contribution is -0.671. The summed E-state index contributed by atoms with van der Waals surface area (Å²) in [5, 5.41) is 0. The number of carbonyl (C=O) groups excluding carboxylic acids is 1. The van der Waals surface area contributed by atoms with Crippen LogP contribution in [0.15, 0.2) is 18.7 Å². The number of rotatable bonds is 12. The number of aryl methyl sites for hydroxylation is 1. The first-order valence-corrected chi connectivity index (χ1v) is 14.8. The quantitative estimate of drug-likeness (QED) is 0.151. The minimum Gasteiger partial charge on any atom is -0.466 e. The fourth-order valence-electron chi connectivity index (χ4n) is 5.37. The monoisotopic (exact) mass is 553 g/mol. The van der Waals surface area contributed by atoms with E-state index in [1.54, 1.807) is 7.11 Å². The largest absolute Gasteiger partial charge is 0.466 e. The van der Waals surface area contributed by atoms with Gasteiger partial charge in [0.15, 0.2) is 0 Å². The standard InChI is InChI=1S/C25H47N2O2.C8H18O2/c1-14-29-20(28)25(12,22(5,6)7)24(10,11)23(8,9)19(17-21(2,3)4)27-16-15-26(13)18-27;1-5-10-7-6-8(2,3)9-4/h15-16,18-19H,14,17H2,1-13H3;5-7H2,1-4H3/q+1;. The van der Waals surface area contributed by atoms with Crippen LogP contribution in [0.1, 0.15) is 123 Å². The van der Waals surface area contributed by atoms with Crippen molar-refractivity contribution in [3.05, 3.63) is 18.7 Å². The van der Waals surface area contributed by atoms with Crippen molar-refractivity contribution in [1.29, 1.82) is 0 Å². The van der Waals surface area contributed by atoms with Crippen LogP contribution < -0.4 is 4.57 Å². The molecule has 2 unspecified atom stereocenters. The first kappa shape index (κ1) is 37.6. The van der Waals surface area contributed by atoms with Gasteiger partial charge in [0, 0.05) is 25.7 Å². The predicted octanol–water partition coefficient (Wildman–Crippen LogP) is 7.80. The molecule has 0 saturated carbocycles. The highest BCUT2D eigenvalue weighted by atomic mass is 16.5. The average molecular weight is 554 g/mol. The first-order chi connectivity index (χ1) is 17.4. The molecule has 1 heterocycles. The molecule has 230 valence electrons. The van der Waals surface area contributed by atoms with Crippen LogP contribution in [0.2, 0.25) is 0 Å². The number of nitrogens with zero attached hydrogens (tertiary/aromatic N) is 2. The zero-order valence-corrected chi connectivity index (χ0v) is 28.9. The molecular formula is C33H65N2O4+. The van der Waals surface area contributed by atoms with Crippen molar-refractivity contribution >= 4 is 5.97 Å². The smallest absolute Gasteiger partial charge is 0.312 e. The highest BCUT2D eigenvalue weighted by Gasteiger charge is 2.63. The molecule has 0 aliphatic rings. The number of carbonyl (C=O) groups is 1. The molecule has 0 amide bonds. The third-order valence-corrected chi connectivity index (χ3v) is 9.44. The van der Waals surface area contributed by atoms with Gasteiger partial charge in [-0.2, -0.15) is 0 Å². The van der Waals surface area contributed by atoms with Crippen LogP contribution in [0.25, 0.3) is 0 Å². The second-order valence-corrected chi connectivity index (χ2v) is 15.2. The Morgan fingerprint density at radius 3 is 1.79 bits per heavy atom. The normalized spacial score (nSPS) is 15.7. The van der Waals surface area contributed by atoms with Gasteiger partial charge in [0.2, 0.25) is 6.33 Å². The SMILES string of the molecule is CCOC(=O)C(C)(C(C)(C)C)C(C)(C)C(C)(C)C(CC(C)(C)C)n1cc[n+](C)c1.CCOCCC(C)(C)OC. The molecule has 1 rings (SSSR count). The summed E-state index contributed by atoms with van der Waals surface area (Å²) < 4.78 is 20.5. The Hall–Kier alpha value is -1.40. The van der Waals surface area contributed by atoms with Gasteiger partial charge in [-0.15, -0.1) is 0 Å². The summed E-state index contributed by atoms with van der Waals surface area (Å²) in [6.45, 7) is 34.6. The van der Waals surface area contributed by atoms with E-state index < -0.39 is 5.41 Å². The molecule has 0 spiro atoms. The van der Waals surface area contributed by atoms with Crippen molar-refractivity contribution in [3.8, 4) is 0 Å². The summed E-state index contributed by atoms with van der Waals surface area (Å²) in [6.07, 6.45) is 8.38. The highest BCUT2D eigenvalue weighted by Crippen LogP contribution is 2.63. The molecule has 6 nitrogen and oxygen atoms in total. The van der Waals surface area contributed by atoms with E-state index in [9.17, 15) is 4.79 Å². The van der Waals surface area contributed by atoms with E-state index in [0.717, 1.165) is 26.1 Å². The molecule has 0 saturated heterocycles. The van der Waals surface area contributed by atoms with E-state index in [1.807, 2.05) is 13.8 Å². The Kier molecular flexibility index (Phi) is 13.5. The van der Waals surface area contributed by atoms with E-state index in [2.05, 4.69) is 125 Å². The molecule has 0 aliphatic carbocycles. The molecule has 0 radical (unpaired) electrons. The zero-order chi connectivity index (χ0) is 31.1. The minimum absolute atomic E-state index is 0.0326. The van der Waals surface area contributed by atoms with Crippen molar-refractivity contribution < 1.29 is 23.6 Å². The van der Waals surface area contributed by atoms with Crippen molar-refractivity contribution in [2.45, 2.75) is 128 Å². The Morgan fingerprint density at radius 1 is 0.897 bits per heavy atom. The maximum absolute atomic E-state index is 13.4. The van der Waals surface area contributed by atoms with Gasteiger partial charge < -0.3 is 14.2 Å². The lowest BCUT2D eigenvalue weighted by Crippen LogP contribution is -2.59. The van der Waals surface area contributed by atoms with Gasteiger partial charge in [0.1, 0.15) is 18.4 Å². The third-order valence-electron chi connectivity index (χ3n) is 9.44. The van der Waals surface area contributed by atoms with Crippen LogP contribution in [-0.4, -0.2) is 43.1 Å². The molecule has 0 aliphatic heterocycles. The maximum Gasteiger partial charge on any atom is 0.312 e. The Morgan fingerprint density at radius 2 is 1.44 bits per heavy atom. The molecule has 6 heteroatoms. The fraction of sp³-hybridized carbons (Fsp3) is 0.879. The second-order valence-electron chi connectivity index (χ2n) is 15.2. The summed E-state index contributed by atoms with van der Waals surface area (Å²) in [5.41, 5.74) is -1.33.